The first kappa shape index (κ1) is 29.7. The van der Waals surface area contributed by atoms with Crippen LogP contribution >= 0.6 is 23.4 Å². The van der Waals surface area contributed by atoms with Crippen LogP contribution in [0.2, 0.25) is 5.02 Å². The van der Waals surface area contributed by atoms with E-state index in [0.29, 0.717) is 30.1 Å². The molecule has 4 rings (SSSR count). The van der Waals surface area contributed by atoms with Crippen molar-refractivity contribution in [2.45, 2.75) is 61.6 Å². The molecule has 2 unspecified atom stereocenters. The normalized spacial score (nSPS) is 29.9. The van der Waals surface area contributed by atoms with Crippen LogP contribution < -0.4 is 4.90 Å². The first-order valence-electron chi connectivity index (χ1n) is 13.6. The second-order valence-corrected chi connectivity index (χ2v) is 13.9. The molecule has 3 aliphatic heterocycles. The van der Waals surface area contributed by atoms with Gasteiger partial charge in [-0.2, -0.15) is 0 Å². The Morgan fingerprint density at radius 1 is 1.21 bits per heavy atom. The van der Waals surface area contributed by atoms with Crippen molar-refractivity contribution < 1.29 is 19.5 Å². The molecule has 1 N–H and O–H groups in total. The lowest BCUT2D eigenvalue weighted by atomic mass is 9.66. The zero-order valence-corrected chi connectivity index (χ0v) is 24.9. The molecule has 39 heavy (non-hydrogen) atoms. The van der Waals surface area contributed by atoms with Gasteiger partial charge in [-0.1, -0.05) is 49.7 Å². The Hall–Kier alpha value is -2.29. The van der Waals surface area contributed by atoms with E-state index >= 15 is 0 Å². The van der Waals surface area contributed by atoms with Crippen molar-refractivity contribution >= 4 is 46.8 Å². The highest BCUT2D eigenvalue weighted by atomic mass is 35.5. The fraction of sp³-hybridized carbons (Fsp3) is 0.567. The molecule has 3 fully saturated rings. The minimum absolute atomic E-state index is 0.101. The predicted molar refractivity (Wildman–Crippen MR) is 158 cm³/mol. The number of aliphatic hydroxyl groups excluding tert-OH is 1. The summed E-state index contributed by atoms with van der Waals surface area (Å²) in [5.74, 6) is -1.61. The van der Waals surface area contributed by atoms with Gasteiger partial charge in [0.15, 0.2) is 0 Å². The van der Waals surface area contributed by atoms with E-state index in [1.54, 1.807) is 63.9 Å². The van der Waals surface area contributed by atoms with Crippen molar-refractivity contribution in [2.75, 3.05) is 31.6 Å². The van der Waals surface area contributed by atoms with Crippen LogP contribution in [0.1, 0.15) is 40.0 Å². The number of likely N-dealkylation sites (tertiary alicyclic amines) is 1. The SMILES string of the molecule is C=CCN(C)C(=O)[C@H]1[C@H]2C(=O)N([C@@H](CO)CC(C)C)C(C(=O)N(CC=C)c3ccccc3Cl)C23CC[C@]1(C)S3. The summed E-state index contributed by atoms with van der Waals surface area (Å²) >= 11 is 8.18. The molecule has 1 spiro atoms. The van der Waals surface area contributed by atoms with E-state index in [4.69, 9.17) is 11.6 Å². The van der Waals surface area contributed by atoms with Crippen LogP contribution in [0.4, 0.5) is 5.69 Å². The van der Waals surface area contributed by atoms with E-state index in [0.717, 1.165) is 6.42 Å². The fourth-order valence-corrected chi connectivity index (χ4v) is 9.58. The molecule has 0 aromatic heterocycles. The third-order valence-electron chi connectivity index (χ3n) is 8.56. The van der Waals surface area contributed by atoms with Gasteiger partial charge in [0.05, 0.1) is 39.9 Å². The van der Waals surface area contributed by atoms with Crippen molar-refractivity contribution in [3.8, 4) is 0 Å². The van der Waals surface area contributed by atoms with E-state index in [-0.39, 0.29) is 36.8 Å². The van der Waals surface area contributed by atoms with Crippen LogP contribution in [0, 0.1) is 17.8 Å². The van der Waals surface area contributed by atoms with Gasteiger partial charge >= 0.3 is 0 Å². The molecule has 7 nitrogen and oxygen atoms in total. The minimum atomic E-state index is -0.851. The van der Waals surface area contributed by atoms with E-state index in [2.05, 4.69) is 20.1 Å². The number of carbonyl (C=O) groups excluding carboxylic acids is 3. The Balaban J connectivity index is 1.87. The molecule has 1 aromatic rings. The van der Waals surface area contributed by atoms with Crippen molar-refractivity contribution in [2.24, 2.45) is 17.8 Å². The molecule has 212 valence electrons. The lowest BCUT2D eigenvalue weighted by Gasteiger charge is -2.40. The maximum atomic E-state index is 14.7. The molecule has 3 amide bonds. The number of hydrogen-bond donors (Lipinski definition) is 1. The average Bonchev–Trinajstić information content (AvgIpc) is 3.46. The van der Waals surface area contributed by atoms with Crippen LogP contribution in [0.3, 0.4) is 0 Å². The number of anilines is 1. The molecule has 9 heteroatoms. The predicted octanol–water partition coefficient (Wildman–Crippen LogP) is 4.39. The van der Waals surface area contributed by atoms with Crippen LogP contribution in [0.5, 0.6) is 0 Å². The molecule has 6 atom stereocenters. The number of aliphatic hydroxyl groups is 1. The van der Waals surface area contributed by atoms with Gasteiger partial charge in [-0.25, -0.2) is 0 Å². The van der Waals surface area contributed by atoms with Gasteiger partial charge in [-0.3, -0.25) is 14.4 Å². The number of para-hydroxylation sites is 1. The highest BCUT2D eigenvalue weighted by molar-refractivity contribution is 8.02. The lowest BCUT2D eigenvalue weighted by molar-refractivity contribution is -0.146. The number of likely N-dealkylation sites (N-methyl/N-ethyl adjacent to an activating group) is 1. The fourth-order valence-electron chi connectivity index (χ4n) is 7.01. The van der Waals surface area contributed by atoms with Gasteiger partial charge in [0.1, 0.15) is 6.04 Å². The third-order valence-corrected chi connectivity index (χ3v) is 10.9. The number of benzene rings is 1. The number of amides is 3. The number of carbonyl (C=O) groups is 3. The van der Waals surface area contributed by atoms with Crippen LogP contribution in [-0.4, -0.2) is 80.9 Å². The van der Waals surface area contributed by atoms with Crippen molar-refractivity contribution in [1.82, 2.24) is 9.80 Å². The number of fused-ring (bicyclic) bond motifs is 1. The van der Waals surface area contributed by atoms with E-state index < -0.39 is 33.4 Å². The Bertz CT molecular complexity index is 1160. The Morgan fingerprint density at radius 2 is 1.87 bits per heavy atom. The van der Waals surface area contributed by atoms with Gasteiger partial charge < -0.3 is 19.8 Å². The standard InChI is InChI=1S/C30H40ClN3O4S/c1-7-15-32(6)26(36)23-24-27(37)34(20(18-35)17-19(3)4)25(30(24)14-13-29(23,5)39-30)28(38)33(16-8-2)22-12-10-9-11-21(22)31/h7-12,19-20,23-25,35H,1-2,13-18H2,3-6H3/t20-,23-,24+,25?,29+,30?/m1/s1. The molecule has 0 saturated carbocycles. The van der Waals surface area contributed by atoms with Crippen LogP contribution in [-0.2, 0) is 14.4 Å². The number of thioether (sulfide) groups is 1. The van der Waals surface area contributed by atoms with Crippen LogP contribution in [0.25, 0.3) is 0 Å². The smallest absolute Gasteiger partial charge is 0.251 e. The first-order chi connectivity index (χ1) is 18.5. The molecular formula is C30H40ClN3O4S. The molecule has 3 saturated heterocycles. The third kappa shape index (κ3) is 4.82. The quantitative estimate of drug-likeness (QED) is 0.397. The molecule has 0 radical (unpaired) electrons. The number of halogens is 1. The summed E-state index contributed by atoms with van der Waals surface area (Å²) in [6.45, 7) is 14.1. The first-order valence-corrected chi connectivity index (χ1v) is 14.8. The molecule has 3 aliphatic rings. The molecule has 0 aliphatic carbocycles. The van der Waals surface area contributed by atoms with E-state index in [1.165, 1.54) is 0 Å². The zero-order chi connectivity index (χ0) is 28.7. The van der Waals surface area contributed by atoms with Gasteiger partial charge in [-0.05, 0) is 44.2 Å². The topological polar surface area (TPSA) is 81.2 Å². The summed E-state index contributed by atoms with van der Waals surface area (Å²) in [5, 5.41) is 10.9. The summed E-state index contributed by atoms with van der Waals surface area (Å²) in [7, 11) is 1.73. The summed E-state index contributed by atoms with van der Waals surface area (Å²) in [5.41, 5.74) is 0.544. The largest absolute Gasteiger partial charge is 0.394 e. The molecule has 3 heterocycles. The average molecular weight is 574 g/mol. The van der Waals surface area contributed by atoms with Crippen molar-refractivity contribution in [1.29, 1.82) is 0 Å². The summed E-state index contributed by atoms with van der Waals surface area (Å²) in [4.78, 5) is 47.9. The number of rotatable bonds is 11. The Morgan fingerprint density at radius 3 is 2.46 bits per heavy atom. The summed E-state index contributed by atoms with van der Waals surface area (Å²) in [6, 6.07) is 5.75. The Kier molecular flexibility index (Phi) is 8.60. The minimum Gasteiger partial charge on any atom is -0.394 e. The highest BCUT2D eigenvalue weighted by Crippen LogP contribution is 2.72. The zero-order valence-electron chi connectivity index (χ0n) is 23.3. The van der Waals surface area contributed by atoms with Crippen molar-refractivity contribution in [3.05, 3.63) is 54.6 Å². The maximum absolute atomic E-state index is 14.7. The van der Waals surface area contributed by atoms with Crippen LogP contribution in [0.15, 0.2) is 49.6 Å². The van der Waals surface area contributed by atoms with E-state index in [1.807, 2.05) is 19.9 Å². The van der Waals surface area contributed by atoms with Gasteiger partial charge in [0, 0.05) is 24.9 Å². The Labute approximate surface area is 241 Å². The molecule has 1 aromatic carbocycles. The number of nitrogens with zero attached hydrogens (tertiary/aromatic N) is 3. The second kappa shape index (κ2) is 11.3. The molecule has 2 bridgehead atoms. The maximum Gasteiger partial charge on any atom is 0.251 e. The lowest BCUT2D eigenvalue weighted by Crippen LogP contribution is -2.58. The monoisotopic (exact) mass is 573 g/mol. The van der Waals surface area contributed by atoms with E-state index in [9.17, 15) is 19.5 Å². The van der Waals surface area contributed by atoms with Gasteiger partial charge in [0.25, 0.3) is 5.91 Å². The summed E-state index contributed by atoms with van der Waals surface area (Å²) < 4.78 is -1.26. The second-order valence-electron chi connectivity index (χ2n) is 11.6. The molecular weight excluding hydrogens is 534 g/mol. The van der Waals surface area contributed by atoms with Crippen molar-refractivity contribution in [3.63, 3.8) is 0 Å². The number of hydrogen-bond acceptors (Lipinski definition) is 5. The summed E-state index contributed by atoms with van der Waals surface area (Å²) in [6.07, 6.45) is 5.22. The highest BCUT2D eigenvalue weighted by Gasteiger charge is 2.78. The van der Waals surface area contributed by atoms with Gasteiger partial charge in [-0.15, -0.1) is 24.9 Å². The van der Waals surface area contributed by atoms with Gasteiger partial charge in [0.2, 0.25) is 11.8 Å².